The van der Waals surface area contributed by atoms with Gasteiger partial charge in [0.05, 0.1) is 38.6 Å². The number of benzene rings is 2. The normalized spacial score (nSPS) is 20.2. The molecule has 2 amide bonds. The molecule has 0 aromatic heterocycles. The number of carbonyl (C=O) groups excluding carboxylic acids is 2. The maximum Gasteiger partial charge on any atom is 0.414 e. The van der Waals surface area contributed by atoms with Crippen LogP contribution in [0.1, 0.15) is 5.56 Å². The number of amides is 2. The molecular formula is C28H33F4N5O5. The van der Waals surface area contributed by atoms with Gasteiger partial charge in [-0.25, -0.2) is 13.6 Å². The summed E-state index contributed by atoms with van der Waals surface area (Å²) in [6.07, 6.45) is -5.01. The first-order valence-corrected chi connectivity index (χ1v) is 13.7. The average Bonchev–Trinajstić information content (AvgIpc) is 3.19. The van der Waals surface area contributed by atoms with Gasteiger partial charge in [0.15, 0.2) is 11.6 Å². The SMILES string of the molecule is CN(C[C@H]1CN(c2cc(F)c(N3CCON(Cc4ccc(N5CCOCC5)cc4)CC3)c(F)c2)C(=O)O1)C(=O)C(F)F. The minimum atomic E-state index is -3.19. The van der Waals surface area contributed by atoms with Crippen LogP contribution in [0.4, 0.5) is 39.4 Å². The Morgan fingerprint density at radius 1 is 0.952 bits per heavy atom. The fraction of sp³-hybridized carbons (Fsp3) is 0.500. The first kappa shape index (κ1) is 29.9. The van der Waals surface area contributed by atoms with Crippen LogP contribution in [-0.4, -0.2) is 107 Å². The summed E-state index contributed by atoms with van der Waals surface area (Å²) in [6.45, 7) is 4.37. The van der Waals surface area contributed by atoms with Gasteiger partial charge in [-0.05, 0) is 17.7 Å². The number of carbonyl (C=O) groups is 2. The Hall–Kier alpha value is -3.62. The van der Waals surface area contributed by atoms with Gasteiger partial charge in [0.25, 0.3) is 5.91 Å². The van der Waals surface area contributed by atoms with Gasteiger partial charge in [-0.1, -0.05) is 12.1 Å². The van der Waals surface area contributed by atoms with E-state index in [1.807, 2.05) is 12.1 Å². The lowest BCUT2D eigenvalue weighted by Gasteiger charge is -2.29. The predicted molar refractivity (Wildman–Crippen MR) is 146 cm³/mol. The molecule has 3 fully saturated rings. The molecule has 0 radical (unpaired) electrons. The quantitative estimate of drug-likeness (QED) is 0.431. The van der Waals surface area contributed by atoms with Crippen molar-refractivity contribution in [3.05, 3.63) is 53.6 Å². The first-order chi connectivity index (χ1) is 20.2. The van der Waals surface area contributed by atoms with Gasteiger partial charge in [-0.15, -0.1) is 0 Å². The van der Waals surface area contributed by atoms with Crippen molar-refractivity contribution in [3.63, 3.8) is 0 Å². The fourth-order valence-corrected chi connectivity index (χ4v) is 5.27. The lowest BCUT2D eigenvalue weighted by molar-refractivity contribution is -0.154. The standard InChI is InChI=1S/C28H33F4N5O5/c1-33(27(38)26(31)32)17-22-18-37(28(39)42-22)21-14-23(29)25(24(30)15-21)35-6-7-36(41-13-10-35)16-19-2-4-20(5-3-19)34-8-11-40-12-9-34/h2-5,14-15,22,26H,6-13,16-18H2,1H3/t22-/m0/s1. The molecule has 3 heterocycles. The number of hydroxylamine groups is 2. The lowest BCUT2D eigenvalue weighted by atomic mass is 10.2. The fourth-order valence-electron chi connectivity index (χ4n) is 5.27. The number of morpholine rings is 1. The van der Waals surface area contributed by atoms with Crippen LogP contribution in [0, 0.1) is 11.6 Å². The highest BCUT2D eigenvalue weighted by Gasteiger charge is 2.36. The molecule has 0 saturated carbocycles. The van der Waals surface area contributed by atoms with Gasteiger partial charge in [-0.2, -0.15) is 13.8 Å². The molecule has 0 bridgehead atoms. The Balaban J connectivity index is 1.18. The Labute approximate surface area is 240 Å². The first-order valence-electron chi connectivity index (χ1n) is 13.7. The van der Waals surface area contributed by atoms with E-state index in [4.69, 9.17) is 14.3 Å². The monoisotopic (exact) mass is 595 g/mol. The van der Waals surface area contributed by atoms with Gasteiger partial charge >= 0.3 is 12.5 Å². The van der Waals surface area contributed by atoms with Crippen molar-refractivity contribution in [2.24, 2.45) is 0 Å². The maximum atomic E-state index is 15.3. The third-order valence-corrected chi connectivity index (χ3v) is 7.47. The second kappa shape index (κ2) is 13.1. The zero-order valence-electron chi connectivity index (χ0n) is 23.2. The van der Waals surface area contributed by atoms with Crippen molar-refractivity contribution in [2.75, 3.05) is 87.4 Å². The smallest absolute Gasteiger partial charge is 0.414 e. The van der Waals surface area contributed by atoms with E-state index in [0.717, 1.165) is 53.3 Å². The van der Waals surface area contributed by atoms with Crippen LogP contribution < -0.4 is 14.7 Å². The number of halogens is 4. The number of ether oxygens (including phenoxy) is 2. The highest BCUT2D eigenvalue weighted by Crippen LogP contribution is 2.32. The molecule has 42 heavy (non-hydrogen) atoms. The summed E-state index contributed by atoms with van der Waals surface area (Å²) in [7, 11) is 1.16. The molecule has 0 unspecified atom stereocenters. The topological polar surface area (TPSA) is 78.0 Å². The van der Waals surface area contributed by atoms with Gasteiger partial charge < -0.3 is 24.2 Å². The molecule has 2 aromatic carbocycles. The van der Waals surface area contributed by atoms with Crippen molar-refractivity contribution in [2.45, 2.75) is 19.1 Å². The van der Waals surface area contributed by atoms with Gasteiger partial charge in [0.2, 0.25) is 0 Å². The summed E-state index contributed by atoms with van der Waals surface area (Å²) in [5.74, 6) is -3.13. The summed E-state index contributed by atoms with van der Waals surface area (Å²) >= 11 is 0. The molecule has 0 aliphatic carbocycles. The molecule has 14 heteroatoms. The van der Waals surface area contributed by atoms with E-state index < -0.39 is 36.2 Å². The third-order valence-electron chi connectivity index (χ3n) is 7.47. The molecule has 10 nitrogen and oxygen atoms in total. The Kier molecular flexibility index (Phi) is 9.34. The van der Waals surface area contributed by atoms with E-state index in [1.165, 1.54) is 0 Å². The van der Waals surface area contributed by atoms with E-state index in [2.05, 4.69) is 17.0 Å². The highest BCUT2D eigenvalue weighted by atomic mass is 19.3. The van der Waals surface area contributed by atoms with Gasteiger partial charge in [0.1, 0.15) is 11.8 Å². The molecule has 1 atom stereocenters. The van der Waals surface area contributed by atoms with Crippen molar-refractivity contribution >= 4 is 29.1 Å². The van der Waals surface area contributed by atoms with Crippen molar-refractivity contribution in [1.82, 2.24) is 9.96 Å². The number of alkyl halides is 2. The molecule has 3 aliphatic rings. The molecule has 2 aromatic rings. The Morgan fingerprint density at radius 3 is 2.29 bits per heavy atom. The molecule has 5 rings (SSSR count). The molecule has 3 saturated heterocycles. The van der Waals surface area contributed by atoms with E-state index in [-0.39, 0.29) is 37.6 Å². The maximum absolute atomic E-state index is 15.3. The van der Waals surface area contributed by atoms with E-state index in [9.17, 15) is 18.4 Å². The number of rotatable bonds is 8. The highest BCUT2D eigenvalue weighted by molar-refractivity contribution is 5.90. The van der Waals surface area contributed by atoms with Crippen molar-refractivity contribution in [1.29, 1.82) is 0 Å². The van der Waals surface area contributed by atoms with Crippen molar-refractivity contribution in [3.8, 4) is 0 Å². The summed E-state index contributed by atoms with van der Waals surface area (Å²) < 4.78 is 66.4. The van der Waals surface area contributed by atoms with Crippen LogP contribution in [0.25, 0.3) is 0 Å². The van der Waals surface area contributed by atoms with Crippen LogP contribution >= 0.6 is 0 Å². The van der Waals surface area contributed by atoms with Crippen LogP contribution in [0.15, 0.2) is 36.4 Å². The Morgan fingerprint density at radius 2 is 1.62 bits per heavy atom. The minimum absolute atomic E-state index is 0.0719. The van der Waals surface area contributed by atoms with Crippen LogP contribution in [0.2, 0.25) is 0 Å². The number of hydrogen-bond donors (Lipinski definition) is 0. The lowest BCUT2D eigenvalue weighted by Crippen LogP contribution is -2.39. The number of cyclic esters (lactones) is 1. The zero-order valence-corrected chi connectivity index (χ0v) is 23.2. The van der Waals surface area contributed by atoms with Crippen LogP contribution in [-0.2, 0) is 25.7 Å². The molecule has 0 spiro atoms. The molecular weight excluding hydrogens is 562 g/mol. The largest absolute Gasteiger partial charge is 0.442 e. The van der Waals surface area contributed by atoms with E-state index in [1.54, 1.807) is 9.96 Å². The predicted octanol–water partition coefficient (Wildman–Crippen LogP) is 3.10. The molecule has 3 aliphatic heterocycles. The number of anilines is 3. The summed E-state index contributed by atoms with van der Waals surface area (Å²) in [4.78, 5) is 35.3. The number of likely N-dealkylation sites (N-methyl/N-ethyl adjacent to an activating group) is 1. The van der Waals surface area contributed by atoms with Crippen molar-refractivity contribution < 1.29 is 41.5 Å². The third kappa shape index (κ3) is 6.88. The second-order valence-electron chi connectivity index (χ2n) is 10.3. The molecule has 228 valence electrons. The minimum Gasteiger partial charge on any atom is -0.442 e. The number of nitrogens with zero attached hydrogens (tertiary/aromatic N) is 5. The van der Waals surface area contributed by atoms with Crippen LogP contribution in [0.5, 0.6) is 0 Å². The zero-order chi connectivity index (χ0) is 29.8. The van der Waals surface area contributed by atoms with E-state index >= 15 is 8.78 Å². The average molecular weight is 596 g/mol. The Bertz CT molecular complexity index is 1240. The van der Waals surface area contributed by atoms with E-state index in [0.29, 0.717) is 32.8 Å². The van der Waals surface area contributed by atoms with Crippen LogP contribution in [0.3, 0.4) is 0 Å². The molecule has 0 N–H and O–H groups in total. The van der Waals surface area contributed by atoms with Gasteiger partial charge in [-0.3, -0.25) is 14.5 Å². The summed E-state index contributed by atoms with van der Waals surface area (Å²) in [5.41, 5.74) is 1.87. The summed E-state index contributed by atoms with van der Waals surface area (Å²) in [5, 5.41) is 1.77. The second-order valence-corrected chi connectivity index (χ2v) is 10.3. The number of hydrogen-bond acceptors (Lipinski definition) is 8. The summed E-state index contributed by atoms with van der Waals surface area (Å²) in [6, 6.07) is 10.3. The van der Waals surface area contributed by atoms with Gasteiger partial charge in [0, 0.05) is 64.1 Å².